The Morgan fingerprint density at radius 1 is 1.27 bits per heavy atom. The second-order valence-corrected chi connectivity index (χ2v) is 8.44. The zero-order valence-corrected chi connectivity index (χ0v) is 19.4. The molecule has 1 aliphatic heterocycles. The van der Waals surface area contributed by atoms with Crippen molar-refractivity contribution in [1.29, 1.82) is 0 Å². The fourth-order valence-corrected chi connectivity index (χ4v) is 4.21. The minimum atomic E-state index is -0.975. The standard InChI is InChI=1S/C26H31FN2O4/c1-5-19-13-21(9-10-22(19)26(31)32)33-24(20-8-7-17(3)23(27)14-20)16-28-11-12-29(18(4)15-28)25(30)6-2/h6-10,13-14,18,24H,2,5,11-12,15-16H2,1,3-4H3,(H,31,32)/t18-,24?/m1/s1. The van der Waals surface area contributed by atoms with Gasteiger partial charge in [0.25, 0.3) is 0 Å². The van der Waals surface area contributed by atoms with E-state index in [4.69, 9.17) is 4.74 Å². The van der Waals surface area contributed by atoms with Crippen LogP contribution in [0.5, 0.6) is 5.75 Å². The van der Waals surface area contributed by atoms with Crippen molar-refractivity contribution in [2.45, 2.75) is 39.3 Å². The number of carboxylic acid groups (broad SMARTS) is 1. The molecule has 0 aromatic heterocycles. The van der Waals surface area contributed by atoms with E-state index >= 15 is 0 Å². The van der Waals surface area contributed by atoms with Crippen LogP contribution >= 0.6 is 0 Å². The van der Waals surface area contributed by atoms with Crippen molar-refractivity contribution < 1.29 is 23.8 Å². The van der Waals surface area contributed by atoms with Gasteiger partial charge in [-0.2, -0.15) is 0 Å². The Balaban J connectivity index is 1.85. The summed E-state index contributed by atoms with van der Waals surface area (Å²) in [5.74, 6) is -0.819. The Morgan fingerprint density at radius 2 is 2.03 bits per heavy atom. The minimum Gasteiger partial charge on any atom is -0.484 e. The molecule has 7 heteroatoms. The first-order valence-electron chi connectivity index (χ1n) is 11.2. The molecule has 0 saturated carbocycles. The Bertz CT molecular complexity index is 1040. The summed E-state index contributed by atoms with van der Waals surface area (Å²) < 4.78 is 20.7. The molecule has 1 amide bonds. The number of carbonyl (C=O) groups is 2. The van der Waals surface area contributed by atoms with Crippen molar-refractivity contribution in [3.63, 3.8) is 0 Å². The molecule has 0 bridgehead atoms. The van der Waals surface area contributed by atoms with E-state index in [1.807, 2.05) is 19.9 Å². The third kappa shape index (κ3) is 5.79. The lowest BCUT2D eigenvalue weighted by Gasteiger charge is -2.40. The van der Waals surface area contributed by atoms with Gasteiger partial charge in [-0.3, -0.25) is 9.69 Å². The van der Waals surface area contributed by atoms with Crippen LogP contribution in [0.2, 0.25) is 0 Å². The smallest absolute Gasteiger partial charge is 0.335 e. The number of ether oxygens (including phenoxy) is 1. The number of piperazine rings is 1. The SMILES string of the molecule is C=CC(=O)N1CCN(CC(Oc2ccc(C(=O)O)c(CC)c2)c2ccc(C)c(F)c2)C[C@H]1C. The molecule has 1 saturated heterocycles. The van der Waals surface area contributed by atoms with E-state index in [9.17, 15) is 19.1 Å². The number of hydrogen-bond donors (Lipinski definition) is 1. The predicted octanol–water partition coefficient (Wildman–Crippen LogP) is 4.23. The monoisotopic (exact) mass is 454 g/mol. The molecule has 1 unspecified atom stereocenters. The molecular formula is C26H31FN2O4. The molecule has 0 radical (unpaired) electrons. The van der Waals surface area contributed by atoms with Gasteiger partial charge in [0, 0.05) is 32.2 Å². The Labute approximate surface area is 194 Å². The first kappa shape index (κ1) is 24.5. The molecule has 1 N–H and O–H groups in total. The average molecular weight is 455 g/mol. The van der Waals surface area contributed by atoms with Crippen LogP contribution in [-0.4, -0.2) is 59.0 Å². The van der Waals surface area contributed by atoms with Crippen LogP contribution in [0.1, 0.15) is 47.0 Å². The van der Waals surface area contributed by atoms with Gasteiger partial charge in [-0.25, -0.2) is 9.18 Å². The molecular weight excluding hydrogens is 423 g/mol. The highest BCUT2D eigenvalue weighted by molar-refractivity contribution is 5.89. The summed E-state index contributed by atoms with van der Waals surface area (Å²) in [6, 6.07) is 10.0. The van der Waals surface area contributed by atoms with E-state index in [0.29, 0.717) is 55.0 Å². The average Bonchev–Trinajstić information content (AvgIpc) is 2.79. The number of amides is 1. The third-order valence-electron chi connectivity index (χ3n) is 6.13. The molecule has 176 valence electrons. The Kier molecular flexibility index (Phi) is 7.87. The maximum atomic E-state index is 14.4. The quantitative estimate of drug-likeness (QED) is 0.605. The van der Waals surface area contributed by atoms with Gasteiger partial charge in [-0.05, 0) is 67.3 Å². The molecule has 2 atom stereocenters. The van der Waals surface area contributed by atoms with E-state index in [2.05, 4.69) is 11.5 Å². The van der Waals surface area contributed by atoms with E-state index < -0.39 is 12.1 Å². The van der Waals surface area contributed by atoms with Crippen molar-refractivity contribution >= 4 is 11.9 Å². The second-order valence-electron chi connectivity index (χ2n) is 8.44. The topological polar surface area (TPSA) is 70.1 Å². The van der Waals surface area contributed by atoms with Gasteiger partial charge in [-0.1, -0.05) is 25.6 Å². The predicted molar refractivity (Wildman–Crippen MR) is 125 cm³/mol. The van der Waals surface area contributed by atoms with E-state index in [1.54, 1.807) is 36.1 Å². The molecule has 6 nitrogen and oxygen atoms in total. The number of carbonyl (C=O) groups excluding carboxylic acids is 1. The zero-order chi connectivity index (χ0) is 24.1. The van der Waals surface area contributed by atoms with Crippen molar-refractivity contribution in [3.8, 4) is 5.75 Å². The van der Waals surface area contributed by atoms with Crippen LogP contribution in [0.25, 0.3) is 0 Å². The van der Waals surface area contributed by atoms with Crippen molar-refractivity contribution in [3.05, 3.63) is 77.1 Å². The van der Waals surface area contributed by atoms with Crippen LogP contribution in [-0.2, 0) is 11.2 Å². The molecule has 33 heavy (non-hydrogen) atoms. The molecule has 3 rings (SSSR count). The number of nitrogens with zero attached hydrogens (tertiary/aromatic N) is 2. The fourth-order valence-electron chi connectivity index (χ4n) is 4.21. The molecule has 2 aromatic rings. The third-order valence-corrected chi connectivity index (χ3v) is 6.13. The van der Waals surface area contributed by atoms with Gasteiger partial charge < -0.3 is 14.7 Å². The maximum Gasteiger partial charge on any atom is 0.335 e. The van der Waals surface area contributed by atoms with Crippen LogP contribution in [0, 0.1) is 12.7 Å². The highest BCUT2D eigenvalue weighted by Gasteiger charge is 2.29. The molecule has 2 aromatic carbocycles. The van der Waals surface area contributed by atoms with Crippen LogP contribution < -0.4 is 4.74 Å². The van der Waals surface area contributed by atoms with Gasteiger partial charge in [0.2, 0.25) is 5.91 Å². The number of benzene rings is 2. The lowest BCUT2D eigenvalue weighted by Crippen LogP contribution is -2.54. The summed E-state index contributed by atoms with van der Waals surface area (Å²) in [6.07, 6.45) is 1.42. The van der Waals surface area contributed by atoms with Gasteiger partial charge in [0.05, 0.1) is 5.56 Å². The highest BCUT2D eigenvalue weighted by atomic mass is 19.1. The minimum absolute atomic E-state index is 0.0150. The Hall–Kier alpha value is -3.19. The Morgan fingerprint density at radius 3 is 2.64 bits per heavy atom. The second kappa shape index (κ2) is 10.6. The summed E-state index contributed by atoms with van der Waals surface area (Å²) in [7, 11) is 0. The summed E-state index contributed by atoms with van der Waals surface area (Å²) in [5.41, 5.74) is 2.19. The largest absolute Gasteiger partial charge is 0.484 e. The fraction of sp³-hybridized carbons (Fsp3) is 0.385. The van der Waals surface area contributed by atoms with Gasteiger partial charge in [0.15, 0.2) is 0 Å². The van der Waals surface area contributed by atoms with Crippen LogP contribution in [0.4, 0.5) is 4.39 Å². The molecule has 0 spiro atoms. The van der Waals surface area contributed by atoms with Crippen molar-refractivity contribution in [2.75, 3.05) is 26.2 Å². The molecule has 1 fully saturated rings. The molecule has 0 aliphatic carbocycles. The van der Waals surface area contributed by atoms with Gasteiger partial charge in [0.1, 0.15) is 17.7 Å². The highest BCUT2D eigenvalue weighted by Crippen LogP contribution is 2.28. The lowest BCUT2D eigenvalue weighted by atomic mass is 10.0. The summed E-state index contributed by atoms with van der Waals surface area (Å²) >= 11 is 0. The van der Waals surface area contributed by atoms with E-state index in [-0.39, 0.29) is 23.3 Å². The zero-order valence-electron chi connectivity index (χ0n) is 19.4. The number of carboxylic acids is 1. The normalized spacial score (nSPS) is 17.5. The van der Waals surface area contributed by atoms with Crippen molar-refractivity contribution in [2.24, 2.45) is 0 Å². The number of rotatable bonds is 8. The number of aryl methyl sites for hydroxylation is 2. The summed E-state index contributed by atoms with van der Waals surface area (Å²) in [6.45, 7) is 11.6. The first-order chi connectivity index (χ1) is 15.7. The van der Waals surface area contributed by atoms with E-state index in [0.717, 1.165) is 0 Å². The maximum absolute atomic E-state index is 14.4. The summed E-state index contributed by atoms with van der Waals surface area (Å²) in [4.78, 5) is 27.5. The van der Waals surface area contributed by atoms with Crippen LogP contribution in [0.15, 0.2) is 49.1 Å². The van der Waals surface area contributed by atoms with Crippen LogP contribution in [0.3, 0.4) is 0 Å². The number of halogens is 1. The van der Waals surface area contributed by atoms with Gasteiger partial charge in [-0.15, -0.1) is 0 Å². The summed E-state index contributed by atoms with van der Waals surface area (Å²) in [5, 5.41) is 9.40. The van der Waals surface area contributed by atoms with Gasteiger partial charge >= 0.3 is 5.97 Å². The first-order valence-corrected chi connectivity index (χ1v) is 11.2. The lowest BCUT2D eigenvalue weighted by molar-refractivity contribution is -0.130. The van der Waals surface area contributed by atoms with E-state index in [1.165, 1.54) is 12.1 Å². The van der Waals surface area contributed by atoms with Crippen molar-refractivity contribution in [1.82, 2.24) is 9.80 Å². The number of hydrogen-bond acceptors (Lipinski definition) is 4. The molecule has 1 heterocycles. The molecule has 1 aliphatic rings. The number of aromatic carboxylic acids is 1.